The molecular weight excluding hydrogens is 226 g/mol. The second-order valence-corrected chi connectivity index (χ2v) is 5.73. The molecule has 1 aromatic rings. The summed E-state index contributed by atoms with van der Waals surface area (Å²) in [5.74, 6) is 0.674. The molecule has 0 saturated carbocycles. The van der Waals surface area contributed by atoms with Gasteiger partial charge in [-0.05, 0) is 26.3 Å². The van der Waals surface area contributed by atoms with Crippen LogP contribution in [0, 0.1) is 0 Å². The summed E-state index contributed by atoms with van der Waals surface area (Å²) in [4.78, 5) is 6.76. The molecule has 0 radical (unpaired) electrons. The molecule has 1 aliphatic rings. The number of aromatic nitrogens is 1. The summed E-state index contributed by atoms with van der Waals surface area (Å²) in [7, 11) is 1.64. The molecule has 0 aliphatic carbocycles. The molecule has 0 aromatic carbocycles. The smallest absolute Gasteiger partial charge is 0.212 e. The monoisotopic (exact) mass is 249 g/mol. The average molecular weight is 249 g/mol. The zero-order valence-electron chi connectivity index (χ0n) is 11.7. The predicted octanol–water partition coefficient (Wildman–Crippen LogP) is 1.66. The zero-order chi connectivity index (χ0) is 13.2. The Bertz CT molecular complexity index is 389. The van der Waals surface area contributed by atoms with Crippen molar-refractivity contribution < 1.29 is 4.74 Å². The Kier molecular flexibility index (Phi) is 3.88. The first-order valence-electron chi connectivity index (χ1n) is 6.48. The van der Waals surface area contributed by atoms with Crippen LogP contribution in [0.5, 0.6) is 5.88 Å². The van der Waals surface area contributed by atoms with Crippen molar-refractivity contribution in [2.75, 3.05) is 20.2 Å². The highest BCUT2D eigenvalue weighted by atomic mass is 16.5. The zero-order valence-corrected chi connectivity index (χ0v) is 11.7. The van der Waals surface area contributed by atoms with Gasteiger partial charge in [-0.3, -0.25) is 4.90 Å². The van der Waals surface area contributed by atoms with Crippen LogP contribution in [0.3, 0.4) is 0 Å². The van der Waals surface area contributed by atoms with Crippen LogP contribution in [-0.4, -0.2) is 41.7 Å². The van der Waals surface area contributed by atoms with Crippen molar-refractivity contribution in [3.05, 3.63) is 23.9 Å². The molecule has 1 fully saturated rings. The summed E-state index contributed by atoms with van der Waals surface area (Å²) < 4.78 is 5.08. The van der Waals surface area contributed by atoms with E-state index in [0.717, 1.165) is 19.6 Å². The molecular formula is C14H23N3O. The van der Waals surface area contributed by atoms with E-state index in [1.165, 1.54) is 5.56 Å². The Labute approximate surface area is 109 Å². The fraction of sp³-hybridized carbons (Fsp3) is 0.643. The Morgan fingerprint density at radius 1 is 1.50 bits per heavy atom. The number of nitrogens with zero attached hydrogens (tertiary/aromatic N) is 2. The van der Waals surface area contributed by atoms with Crippen molar-refractivity contribution in [3.8, 4) is 5.88 Å². The molecule has 4 heteroatoms. The third kappa shape index (κ3) is 3.21. The first-order chi connectivity index (χ1) is 8.50. The van der Waals surface area contributed by atoms with Crippen molar-refractivity contribution in [2.45, 2.75) is 38.9 Å². The molecule has 1 atom stereocenters. The van der Waals surface area contributed by atoms with Crippen molar-refractivity contribution in [1.82, 2.24) is 15.2 Å². The minimum atomic E-state index is 0.187. The molecule has 0 amide bonds. The number of pyridine rings is 1. The maximum Gasteiger partial charge on any atom is 0.212 e. The SMILES string of the molecule is COc1ccc(CN2CC(C)(C)NCC2C)cn1. The van der Waals surface area contributed by atoms with Crippen molar-refractivity contribution >= 4 is 0 Å². The lowest BCUT2D eigenvalue weighted by Crippen LogP contribution is -2.60. The summed E-state index contributed by atoms with van der Waals surface area (Å²) in [6, 6.07) is 4.57. The fourth-order valence-corrected chi connectivity index (χ4v) is 2.34. The van der Waals surface area contributed by atoms with Gasteiger partial charge in [0.05, 0.1) is 7.11 Å². The highest BCUT2D eigenvalue weighted by Crippen LogP contribution is 2.18. The van der Waals surface area contributed by atoms with E-state index < -0.39 is 0 Å². The molecule has 2 rings (SSSR count). The van der Waals surface area contributed by atoms with E-state index in [9.17, 15) is 0 Å². The molecule has 1 aliphatic heterocycles. The Hall–Kier alpha value is -1.13. The number of methoxy groups -OCH3 is 1. The Balaban J connectivity index is 2.02. The molecule has 0 bridgehead atoms. The standard InChI is InChI=1S/C14H23N3O/c1-11-7-16-14(2,3)10-17(11)9-12-5-6-13(18-4)15-8-12/h5-6,8,11,16H,7,9-10H2,1-4H3. The van der Waals surface area contributed by atoms with Crippen LogP contribution in [0.25, 0.3) is 0 Å². The second-order valence-electron chi connectivity index (χ2n) is 5.73. The van der Waals surface area contributed by atoms with Crippen molar-refractivity contribution in [2.24, 2.45) is 0 Å². The molecule has 100 valence electrons. The molecule has 1 saturated heterocycles. The highest BCUT2D eigenvalue weighted by molar-refractivity contribution is 5.18. The quantitative estimate of drug-likeness (QED) is 0.884. The van der Waals surface area contributed by atoms with E-state index in [1.807, 2.05) is 12.3 Å². The lowest BCUT2D eigenvalue weighted by Gasteiger charge is -2.43. The first kappa shape index (κ1) is 13.3. The molecule has 1 unspecified atom stereocenters. The normalized spacial score (nSPS) is 23.9. The van der Waals surface area contributed by atoms with Gasteiger partial charge in [0.2, 0.25) is 5.88 Å². The van der Waals surface area contributed by atoms with Crippen LogP contribution in [-0.2, 0) is 6.54 Å². The number of hydrogen-bond donors (Lipinski definition) is 1. The van der Waals surface area contributed by atoms with Gasteiger partial charge in [0.15, 0.2) is 0 Å². The highest BCUT2D eigenvalue weighted by Gasteiger charge is 2.29. The maximum absolute atomic E-state index is 5.08. The third-order valence-electron chi connectivity index (χ3n) is 3.49. The van der Waals surface area contributed by atoms with Crippen LogP contribution in [0.4, 0.5) is 0 Å². The van der Waals surface area contributed by atoms with E-state index in [2.05, 4.69) is 42.0 Å². The van der Waals surface area contributed by atoms with E-state index >= 15 is 0 Å². The summed E-state index contributed by atoms with van der Waals surface area (Å²) in [5, 5.41) is 3.56. The predicted molar refractivity (Wildman–Crippen MR) is 72.7 cm³/mol. The van der Waals surface area contributed by atoms with Crippen molar-refractivity contribution in [1.29, 1.82) is 0 Å². The summed E-state index contributed by atoms with van der Waals surface area (Å²) >= 11 is 0. The largest absolute Gasteiger partial charge is 0.481 e. The van der Waals surface area contributed by atoms with E-state index in [4.69, 9.17) is 4.74 Å². The van der Waals surface area contributed by atoms with E-state index in [-0.39, 0.29) is 5.54 Å². The molecule has 4 nitrogen and oxygen atoms in total. The third-order valence-corrected chi connectivity index (χ3v) is 3.49. The molecule has 18 heavy (non-hydrogen) atoms. The average Bonchev–Trinajstić information content (AvgIpc) is 2.35. The number of nitrogens with one attached hydrogen (secondary N) is 1. The molecule has 2 heterocycles. The van der Waals surface area contributed by atoms with Crippen LogP contribution in [0.2, 0.25) is 0 Å². The number of rotatable bonds is 3. The number of ether oxygens (including phenoxy) is 1. The van der Waals surface area contributed by atoms with Gasteiger partial charge in [0, 0.05) is 43.5 Å². The second kappa shape index (κ2) is 5.24. The van der Waals surface area contributed by atoms with Crippen LogP contribution < -0.4 is 10.1 Å². The molecule has 1 N–H and O–H groups in total. The van der Waals surface area contributed by atoms with Crippen molar-refractivity contribution in [3.63, 3.8) is 0 Å². The Morgan fingerprint density at radius 3 is 2.89 bits per heavy atom. The summed E-state index contributed by atoms with van der Waals surface area (Å²) in [6.07, 6.45) is 1.90. The minimum absolute atomic E-state index is 0.187. The van der Waals surface area contributed by atoms with Gasteiger partial charge in [-0.15, -0.1) is 0 Å². The van der Waals surface area contributed by atoms with Gasteiger partial charge in [-0.25, -0.2) is 4.98 Å². The van der Waals surface area contributed by atoms with Gasteiger partial charge < -0.3 is 10.1 Å². The lowest BCUT2D eigenvalue weighted by molar-refractivity contribution is 0.0976. The summed E-state index contributed by atoms with van der Waals surface area (Å²) in [6.45, 7) is 9.80. The molecule has 1 aromatic heterocycles. The van der Waals surface area contributed by atoms with Gasteiger partial charge >= 0.3 is 0 Å². The minimum Gasteiger partial charge on any atom is -0.481 e. The van der Waals surface area contributed by atoms with Gasteiger partial charge in [0.25, 0.3) is 0 Å². The molecule has 0 spiro atoms. The maximum atomic E-state index is 5.08. The van der Waals surface area contributed by atoms with Gasteiger partial charge in [-0.1, -0.05) is 6.07 Å². The fourth-order valence-electron chi connectivity index (χ4n) is 2.34. The van der Waals surface area contributed by atoms with E-state index in [1.54, 1.807) is 7.11 Å². The first-order valence-corrected chi connectivity index (χ1v) is 6.48. The van der Waals surface area contributed by atoms with E-state index in [0.29, 0.717) is 11.9 Å². The van der Waals surface area contributed by atoms with Crippen LogP contribution >= 0.6 is 0 Å². The summed E-state index contributed by atoms with van der Waals surface area (Å²) in [5.41, 5.74) is 1.42. The van der Waals surface area contributed by atoms with Crippen LogP contribution in [0.1, 0.15) is 26.3 Å². The van der Waals surface area contributed by atoms with Gasteiger partial charge in [-0.2, -0.15) is 0 Å². The number of piperazine rings is 1. The lowest BCUT2D eigenvalue weighted by atomic mass is 9.99. The van der Waals surface area contributed by atoms with Gasteiger partial charge in [0.1, 0.15) is 0 Å². The van der Waals surface area contributed by atoms with Crippen LogP contribution in [0.15, 0.2) is 18.3 Å². The number of hydrogen-bond acceptors (Lipinski definition) is 4. The Morgan fingerprint density at radius 2 is 2.28 bits per heavy atom. The topological polar surface area (TPSA) is 37.4 Å².